The summed E-state index contributed by atoms with van der Waals surface area (Å²) >= 11 is 0. The fraction of sp³-hybridized carbons (Fsp3) is 0.800. The highest BCUT2D eigenvalue weighted by Gasteiger charge is 2.35. The van der Waals surface area contributed by atoms with Crippen molar-refractivity contribution in [2.75, 3.05) is 20.1 Å². The maximum atomic E-state index is 4.54. The molecule has 2 atom stereocenters. The van der Waals surface area contributed by atoms with Crippen molar-refractivity contribution in [2.45, 2.75) is 45.7 Å². The molecule has 1 N–H and O–H groups in total. The minimum atomic E-state index is 0.509. The number of nitrogens with one attached hydrogen (secondary N) is 1. The second-order valence-corrected chi connectivity index (χ2v) is 6.08. The van der Waals surface area contributed by atoms with E-state index in [4.69, 9.17) is 0 Å². The molecule has 0 bridgehead atoms. The van der Waals surface area contributed by atoms with Gasteiger partial charge in [0.25, 0.3) is 0 Å². The van der Waals surface area contributed by atoms with E-state index in [-0.39, 0.29) is 0 Å². The van der Waals surface area contributed by atoms with E-state index in [9.17, 15) is 0 Å². The van der Waals surface area contributed by atoms with Gasteiger partial charge in [-0.25, -0.2) is 0 Å². The fourth-order valence-electron chi connectivity index (χ4n) is 3.50. The first-order chi connectivity index (χ1) is 9.04. The highest BCUT2D eigenvalue weighted by molar-refractivity contribution is 5.22. The van der Waals surface area contributed by atoms with Crippen LogP contribution in [0.15, 0.2) is 6.20 Å². The predicted molar refractivity (Wildman–Crippen MR) is 79.2 cm³/mol. The van der Waals surface area contributed by atoms with Gasteiger partial charge in [0.15, 0.2) is 0 Å². The molecule has 1 fully saturated rings. The quantitative estimate of drug-likeness (QED) is 0.904. The Balaban J connectivity index is 2.34. The third-order valence-electron chi connectivity index (χ3n) is 4.29. The van der Waals surface area contributed by atoms with Gasteiger partial charge in [0.1, 0.15) is 0 Å². The van der Waals surface area contributed by atoms with Gasteiger partial charge in [-0.05, 0) is 59.7 Å². The van der Waals surface area contributed by atoms with Crippen LogP contribution in [-0.4, -0.2) is 40.9 Å². The largest absolute Gasteiger partial charge is 0.319 e. The third-order valence-corrected chi connectivity index (χ3v) is 4.29. The minimum absolute atomic E-state index is 0.509. The second-order valence-electron chi connectivity index (χ2n) is 6.08. The van der Waals surface area contributed by atoms with E-state index < -0.39 is 0 Å². The summed E-state index contributed by atoms with van der Waals surface area (Å²) in [4.78, 5) is 2.65. The summed E-state index contributed by atoms with van der Waals surface area (Å²) in [6.45, 7) is 9.04. The molecule has 0 radical (unpaired) electrons. The van der Waals surface area contributed by atoms with E-state index in [1.54, 1.807) is 0 Å². The molecule has 19 heavy (non-hydrogen) atoms. The van der Waals surface area contributed by atoms with Gasteiger partial charge in [0.2, 0.25) is 0 Å². The van der Waals surface area contributed by atoms with Crippen LogP contribution in [0.4, 0.5) is 0 Å². The molecule has 1 saturated heterocycles. The minimum Gasteiger partial charge on any atom is -0.319 e. The molecular formula is C15H28N4. The summed E-state index contributed by atoms with van der Waals surface area (Å²) in [5.74, 6) is 0.684. The van der Waals surface area contributed by atoms with Crippen LogP contribution in [-0.2, 0) is 7.05 Å². The Morgan fingerprint density at radius 2 is 2.21 bits per heavy atom. The number of nitrogens with zero attached hydrogens (tertiary/aromatic N) is 3. The molecule has 0 spiro atoms. The molecule has 2 rings (SSSR count). The molecule has 0 amide bonds. The Morgan fingerprint density at radius 3 is 2.74 bits per heavy atom. The van der Waals surface area contributed by atoms with Gasteiger partial charge in [-0.2, -0.15) is 5.10 Å². The van der Waals surface area contributed by atoms with Crippen LogP contribution in [0.25, 0.3) is 0 Å². The van der Waals surface area contributed by atoms with E-state index in [0.717, 1.165) is 6.54 Å². The van der Waals surface area contributed by atoms with Crippen LogP contribution in [0.5, 0.6) is 0 Å². The van der Waals surface area contributed by atoms with E-state index in [0.29, 0.717) is 18.0 Å². The zero-order chi connectivity index (χ0) is 14.0. The Kier molecular flexibility index (Phi) is 4.63. The highest BCUT2D eigenvalue weighted by Crippen LogP contribution is 2.38. The maximum Gasteiger partial charge on any atom is 0.0641 e. The molecule has 4 nitrogen and oxygen atoms in total. The van der Waals surface area contributed by atoms with Crippen molar-refractivity contribution in [2.24, 2.45) is 13.0 Å². The van der Waals surface area contributed by atoms with Gasteiger partial charge in [-0.1, -0.05) is 0 Å². The Morgan fingerprint density at radius 1 is 1.47 bits per heavy atom. The van der Waals surface area contributed by atoms with Crippen molar-refractivity contribution in [1.82, 2.24) is 20.0 Å². The number of piperidine rings is 1. The first-order valence-corrected chi connectivity index (χ1v) is 7.45. The lowest BCUT2D eigenvalue weighted by Gasteiger charge is -2.43. The average molecular weight is 264 g/mol. The second kappa shape index (κ2) is 6.06. The SMILES string of the molecule is CNCC1CCCN(C(C)C)C1c1cn(C)nc1C. The Labute approximate surface area is 117 Å². The summed E-state index contributed by atoms with van der Waals surface area (Å²) in [6, 6.07) is 1.10. The lowest BCUT2D eigenvalue weighted by Crippen LogP contribution is -2.45. The molecule has 1 aromatic heterocycles. The summed E-state index contributed by atoms with van der Waals surface area (Å²) in [5, 5.41) is 7.91. The van der Waals surface area contributed by atoms with E-state index in [1.807, 2.05) is 11.7 Å². The van der Waals surface area contributed by atoms with Crippen molar-refractivity contribution in [3.05, 3.63) is 17.5 Å². The lowest BCUT2D eigenvalue weighted by molar-refractivity contribution is 0.0632. The molecule has 1 aliphatic heterocycles. The fourth-order valence-corrected chi connectivity index (χ4v) is 3.50. The molecule has 1 aromatic rings. The van der Waals surface area contributed by atoms with Crippen LogP contribution in [0.1, 0.15) is 44.0 Å². The van der Waals surface area contributed by atoms with Crippen LogP contribution in [0, 0.1) is 12.8 Å². The highest BCUT2D eigenvalue weighted by atomic mass is 15.3. The number of hydrogen-bond acceptors (Lipinski definition) is 3. The molecular weight excluding hydrogens is 236 g/mol. The number of aryl methyl sites for hydroxylation is 2. The zero-order valence-electron chi connectivity index (χ0n) is 13.0. The predicted octanol–water partition coefficient (Wildman–Crippen LogP) is 2.11. The number of aromatic nitrogens is 2. The molecule has 108 valence electrons. The average Bonchev–Trinajstić information content (AvgIpc) is 2.68. The third kappa shape index (κ3) is 3.00. The molecule has 0 aromatic carbocycles. The van der Waals surface area contributed by atoms with Crippen molar-refractivity contribution < 1.29 is 0 Å². The van der Waals surface area contributed by atoms with Crippen LogP contribution in [0.3, 0.4) is 0 Å². The molecule has 2 unspecified atom stereocenters. The van der Waals surface area contributed by atoms with Gasteiger partial charge in [0.05, 0.1) is 5.69 Å². The van der Waals surface area contributed by atoms with Crippen LogP contribution >= 0.6 is 0 Å². The maximum absolute atomic E-state index is 4.54. The molecule has 0 saturated carbocycles. The summed E-state index contributed by atoms with van der Waals surface area (Å²) < 4.78 is 1.95. The standard InChI is InChI=1S/C15H28N4/c1-11(2)19-8-6-7-13(9-16-4)15(19)14-10-18(5)17-12(14)3/h10-11,13,15-16H,6-9H2,1-5H3. The van der Waals surface area contributed by atoms with Crippen LogP contribution < -0.4 is 5.32 Å². The first kappa shape index (κ1) is 14.5. The number of rotatable bonds is 4. The normalized spacial score (nSPS) is 25.2. The van der Waals surface area contributed by atoms with Gasteiger partial charge in [-0.15, -0.1) is 0 Å². The van der Waals surface area contributed by atoms with Crippen LogP contribution in [0.2, 0.25) is 0 Å². The van der Waals surface area contributed by atoms with Crippen molar-refractivity contribution in [1.29, 1.82) is 0 Å². The number of hydrogen-bond donors (Lipinski definition) is 1. The Hall–Kier alpha value is -0.870. The monoisotopic (exact) mass is 264 g/mol. The summed E-state index contributed by atoms with van der Waals surface area (Å²) in [5.41, 5.74) is 2.59. The van der Waals surface area contributed by atoms with E-state index >= 15 is 0 Å². The smallest absolute Gasteiger partial charge is 0.0641 e. The molecule has 1 aliphatic rings. The van der Waals surface area contributed by atoms with Gasteiger partial charge < -0.3 is 5.32 Å². The van der Waals surface area contributed by atoms with Gasteiger partial charge in [-0.3, -0.25) is 9.58 Å². The van der Waals surface area contributed by atoms with E-state index in [2.05, 4.69) is 49.3 Å². The molecule has 2 heterocycles. The van der Waals surface area contributed by atoms with E-state index in [1.165, 1.54) is 30.6 Å². The zero-order valence-corrected chi connectivity index (χ0v) is 13.0. The lowest BCUT2D eigenvalue weighted by atomic mass is 9.84. The molecule has 0 aliphatic carbocycles. The molecule has 4 heteroatoms. The number of likely N-dealkylation sites (tertiary alicyclic amines) is 1. The van der Waals surface area contributed by atoms with Crippen molar-refractivity contribution >= 4 is 0 Å². The summed E-state index contributed by atoms with van der Waals surface area (Å²) in [7, 11) is 4.08. The van der Waals surface area contributed by atoms with Crippen molar-refractivity contribution in [3.63, 3.8) is 0 Å². The van der Waals surface area contributed by atoms with Gasteiger partial charge in [0, 0.05) is 30.9 Å². The first-order valence-electron chi connectivity index (χ1n) is 7.45. The van der Waals surface area contributed by atoms with Gasteiger partial charge >= 0.3 is 0 Å². The topological polar surface area (TPSA) is 33.1 Å². The summed E-state index contributed by atoms with van der Waals surface area (Å²) in [6.07, 6.45) is 4.83. The van der Waals surface area contributed by atoms with Crippen molar-refractivity contribution in [3.8, 4) is 0 Å². The Bertz CT molecular complexity index is 408.